The molecule has 0 radical (unpaired) electrons. The van der Waals surface area contributed by atoms with Gasteiger partial charge in [0.15, 0.2) is 0 Å². The zero-order valence-electron chi connectivity index (χ0n) is 8.44. The third-order valence-corrected chi connectivity index (χ3v) is 4.82. The standard InChI is InChI=1S/C11H7Cl4NS/c12-6-3-7(13)10(14)11(15)9(6)5-1-2-17-8(5)4-16/h1-3H,4,16H2. The van der Waals surface area contributed by atoms with Crippen LogP contribution >= 0.6 is 57.7 Å². The largest absolute Gasteiger partial charge is 0.326 e. The van der Waals surface area contributed by atoms with Gasteiger partial charge in [-0.15, -0.1) is 11.3 Å². The second kappa shape index (κ2) is 5.35. The number of thiophene rings is 1. The third-order valence-electron chi connectivity index (χ3n) is 2.31. The monoisotopic (exact) mass is 325 g/mol. The molecular weight excluding hydrogens is 320 g/mol. The first-order chi connectivity index (χ1) is 8.06. The van der Waals surface area contributed by atoms with Crippen molar-refractivity contribution < 1.29 is 0 Å². The van der Waals surface area contributed by atoms with Crippen LogP contribution in [0.3, 0.4) is 0 Å². The summed E-state index contributed by atoms with van der Waals surface area (Å²) in [7, 11) is 0. The van der Waals surface area contributed by atoms with Crippen molar-refractivity contribution in [1.82, 2.24) is 0 Å². The highest BCUT2D eigenvalue weighted by molar-refractivity contribution is 7.10. The lowest BCUT2D eigenvalue weighted by molar-refractivity contribution is 1.11. The van der Waals surface area contributed by atoms with E-state index in [1.807, 2.05) is 11.4 Å². The van der Waals surface area contributed by atoms with Crippen LogP contribution in [0.2, 0.25) is 20.1 Å². The van der Waals surface area contributed by atoms with Crippen molar-refractivity contribution in [3.63, 3.8) is 0 Å². The lowest BCUT2D eigenvalue weighted by Gasteiger charge is -2.10. The van der Waals surface area contributed by atoms with Gasteiger partial charge in [-0.3, -0.25) is 0 Å². The average Bonchev–Trinajstić information content (AvgIpc) is 2.74. The van der Waals surface area contributed by atoms with Crippen molar-refractivity contribution in [2.75, 3.05) is 0 Å². The van der Waals surface area contributed by atoms with Crippen LogP contribution in [0.4, 0.5) is 0 Å². The maximum absolute atomic E-state index is 6.19. The zero-order chi connectivity index (χ0) is 12.6. The lowest BCUT2D eigenvalue weighted by Crippen LogP contribution is -1.95. The summed E-state index contributed by atoms with van der Waals surface area (Å²) in [6, 6.07) is 3.51. The van der Waals surface area contributed by atoms with Crippen LogP contribution < -0.4 is 5.73 Å². The minimum Gasteiger partial charge on any atom is -0.326 e. The molecule has 2 aromatic rings. The third kappa shape index (κ3) is 2.43. The van der Waals surface area contributed by atoms with Crippen LogP contribution in [-0.2, 0) is 6.54 Å². The SMILES string of the molecule is NCc1sccc1-c1c(Cl)cc(Cl)c(Cl)c1Cl. The van der Waals surface area contributed by atoms with Gasteiger partial charge in [-0.2, -0.15) is 0 Å². The molecular formula is C11H7Cl4NS. The van der Waals surface area contributed by atoms with Crippen LogP contribution in [0.5, 0.6) is 0 Å². The van der Waals surface area contributed by atoms with Crippen LogP contribution in [0.15, 0.2) is 17.5 Å². The van der Waals surface area contributed by atoms with Gasteiger partial charge in [-0.1, -0.05) is 46.4 Å². The maximum Gasteiger partial charge on any atom is 0.0785 e. The van der Waals surface area contributed by atoms with Crippen LogP contribution in [0, 0.1) is 0 Å². The minimum atomic E-state index is 0.307. The van der Waals surface area contributed by atoms with E-state index in [0.29, 0.717) is 32.2 Å². The molecule has 0 saturated heterocycles. The number of halogens is 4. The highest BCUT2D eigenvalue weighted by Gasteiger charge is 2.17. The van der Waals surface area contributed by atoms with E-state index in [-0.39, 0.29) is 0 Å². The molecule has 6 heteroatoms. The van der Waals surface area contributed by atoms with Gasteiger partial charge in [0.25, 0.3) is 0 Å². The van der Waals surface area contributed by atoms with Gasteiger partial charge in [-0.25, -0.2) is 0 Å². The first-order valence-electron chi connectivity index (χ1n) is 4.66. The molecule has 0 fully saturated rings. The average molecular weight is 327 g/mol. The molecule has 2 N–H and O–H groups in total. The summed E-state index contributed by atoms with van der Waals surface area (Å²) in [6.07, 6.45) is 0. The van der Waals surface area contributed by atoms with Gasteiger partial charge in [0, 0.05) is 17.0 Å². The van der Waals surface area contributed by atoms with Gasteiger partial charge in [0.2, 0.25) is 0 Å². The molecule has 0 aliphatic carbocycles. The fourth-order valence-electron chi connectivity index (χ4n) is 1.53. The molecule has 1 nitrogen and oxygen atoms in total. The van der Waals surface area contributed by atoms with E-state index in [1.54, 1.807) is 17.4 Å². The van der Waals surface area contributed by atoms with E-state index in [4.69, 9.17) is 52.1 Å². The van der Waals surface area contributed by atoms with Crippen molar-refractivity contribution in [3.05, 3.63) is 42.5 Å². The Morgan fingerprint density at radius 1 is 1.06 bits per heavy atom. The van der Waals surface area contributed by atoms with Gasteiger partial charge in [-0.05, 0) is 23.1 Å². The van der Waals surface area contributed by atoms with Gasteiger partial charge < -0.3 is 5.73 Å². The van der Waals surface area contributed by atoms with Gasteiger partial charge in [0.05, 0.1) is 20.1 Å². The number of benzene rings is 1. The van der Waals surface area contributed by atoms with E-state index < -0.39 is 0 Å². The second-order valence-corrected chi connectivity index (χ2v) is 5.88. The van der Waals surface area contributed by atoms with Crippen LogP contribution in [-0.4, -0.2) is 0 Å². The molecule has 0 aliphatic rings. The summed E-state index contributed by atoms with van der Waals surface area (Å²) < 4.78 is 0. The molecule has 0 bridgehead atoms. The second-order valence-electron chi connectivity index (χ2n) is 3.30. The van der Waals surface area contributed by atoms with Gasteiger partial charge >= 0.3 is 0 Å². The highest BCUT2D eigenvalue weighted by atomic mass is 35.5. The first kappa shape index (κ1) is 13.5. The summed E-state index contributed by atoms with van der Waals surface area (Å²) in [5.41, 5.74) is 7.26. The van der Waals surface area contributed by atoms with E-state index in [2.05, 4.69) is 0 Å². The zero-order valence-corrected chi connectivity index (χ0v) is 12.3. The Morgan fingerprint density at radius 2 is 1.76 bits per heavy atom. The molecule has 0 spiro atoms. The molecule has 0 amide bonds. The maximum atomic E-state index is 6.19. The predicted octanol–water partition coefficient (Wildman–Crippen LogP) is 5.49. The van der Waals surface area contributed by atoms with Crippen LogP contribution in [0.1, 0.15) is 4.88 Å². The number of rotatable bonds is 2. The summed E-state index contributed by atoms with van der Waals surface area (Å²) in [6.45, 7) is 0.430. The normalized spacial score (nSPS) is 10.9. The van der Waals surface area contributed by atoms with Crippen molar-refractivity contribution >= 4 is 57.7 Å². The Morgan fingerprint density at radius 3 is 2.41 bits per heavy atom. The molecule has 0 aliphatic heterocycles. The van der Waals surface area contributed by atoms with Crippen molar-refractivity contribution in [1.29, 1.82) is 0 Å². The number of hydrogen-bond acceptors (Lipinski definition) is 2. The molecule has 90 valence electrons. The molecule has 0 unspecified atom stereocenters. The summed E-state index contributed by atoms with van der Waals surface area (Å²) in [5.74, 6) is 0. The summed E-state index contributed by atoms with van der Waals surface area (Å²) in [4.78, 5) is 1.01. The summed E-state index contributed by atoms with van der Waals surface area (Å²) in [5, 5.41) is 3.42. The minimum absolute atomic E-state index is 0.307. The Hall–Kier alpha value is 0.0400. The molecule has 17 heavy (non-hydrogen) atoms. The number of hydrogen-bond donors (Lipinski definition) is 1. The number of nitrogens with two attached hydrogens (primary N) is 1. The Balaban J connectivity index is 2.72. The molecule has 0 saturated carbocycles. The smallest absolute Gasteiger partial charge is 0.0785 e. The topological polar surface area (TPSA) is 26.0 Å². The fourth-order valence-corrected chi connectivity index (χ4v) is 3.41. The quantitative estimate of drug-likeness (QED) is 0.573. The first-order valence-corrected chi connectivity index (χ1v) is 7.05. The molecule has 1 aromatic carbocycles. The molecule has 2 rings (SSSR count). The van der Waals surface area contributed by atoms with E-state index in [0.717, 1.165) is 10.4 Å². The van der Waals surface area contributed by atoms with Crippen molar-refractivity contribution in [2.45, 2.75) is 6.54 Å². The summed E-state index contributed by atoms with van der Waals surface area (Å²) >= 11 is 25.8. The van der Waals surface area contributed by atoms with E-state index >= 15 is 0 Å². The fraction of sp³-hybridized carbons (Fsp3) is 0.0909. The Kier molecular flexibility index (Phi) is 4.24. The van der Waals surface area contributed by atoms with Crippen molar-refractivity contribution in [3.8, 4) is 11.1 Å². The molecule has 1 heterocycles. The molecule has 1 aromatic heterocycles. The molecule has 0 atom stereocenters. The Bertz CT molecular complexity index is 565. The highest BCUT2D eigenvalue weighted by Crippen LogP contribution is 2.44. The van der Waals surface area contributed by atoms with Crippen molar-refractivity contribution in [2.24, 2.45) is 5.73 Å². The van der Waals surface area contributed by atoms with Crippen LogP contribution in [0.25, 0.3) is 11.1 Å². The lowest BCUT2D eigenvalue weighted by atomic mass is 10.1. The van der Waals surface area contributed by atoms with E-state index in [1.165, 1.54) is 0 Å². The van der Waals surface area contributed by atoms with E-state index in [9.17, 15) is 0 Å². The van der Waals surface area contributed by atoms with Gasteiger partial charge in [0.1, 0.15) is 0 Å². The predicted molar refractivity (Wildman–Crippen MR) is 77.7 cm³/mol. The Labute approximate surface area is 123 Å².